The lowest BCUT2D eigenvalue weighted by Gasteiger charge is -2.15. The Balaban J connectivity index is 3.91. The molecule has 2 atom stereocenters. The second-order valence-corrected chi connectivity index (χ2v) is 3.90. The lowest BCUT2D eigenvalue weighted by molar-refractivity contribution is -0.141. The standard InChI is InChI=1S/C11H22N2O3/c1-4-9(11(15)16)7-13-10(14)8(3)6-12-5-2/h8-9,12H,4-7H2,1-3H3,(H,13,14)(H,15,16). The molecule has 0 aliphatic rings. The second kappa shape index (κ2) is 8.10. The molecule has 0 radical (unpaired) electrons. The van der Waals surface area contributed by atoms with Gasteiger partial charge in [0.25, 0.3) is 0 Å². The molecule has 1 amide bonds. The van der Waals surface area contributed by atoms with Gasteiger partial charge in [0.1, 0.15) is 0 Å². The average Bonchev–Trinajstić information content (AvgIpc) is 2.25. The van der Waals surface area contributed by atoms with E-state index in [-0.39, 0.29) is 18.4 Å². The van der Waals surface area contributed by atoms with Crippen molar-refractivity contribution in [3.8, 4) is 0 Å². The van der Waals surface area contributed by atoms with Gasteiger partial charge < -0.3 is 15.7 Å². The molecule has 0 aliphatic carbocycles. The van der Waals surface area contributed by atoms with Crippen LogP contribution in [0.2, 0.25) is 0 Å². The molecule has 3 N–H and O–H groups in total. The molecule has 0 spiro atoms. The van der Waals surface area contributed by atoms with Gasteiger partial charge in [-0.25, -0.2) is 0 Å². The molecule has 0 rings (SSSR count). The summed E-state index contributed by atoms with van der Waals surface area (Å²) in [5.41, 5.74) is 0. The first kappa shape index (κ1) is 14.9. The summed E-state index contributed by atoms with van der Waals surface area (Å²) in [5, 5.41) is 14.5. The normalized spacial score (nSPS) is 14.2. The van der Waals surface area contributed by atoms with Crippen LogP contribution in [0.25, 0.3) is 0 Å². The van der Waals surface area contributed by atoms with E-state index >= 15 is 0 Å². The first-order valence-electron chi connectivity index (χ1n) is 5.74. The van der Waals surface area contributed by atoms with Gasteiger partial charge in [-0.3, -0.25) is 9.59 Å². The molecule has 0 aromatic carbocycles. The highest BCUT2D eigenvalue weighted by Crippen LogP contribution is 2.01. The lowest BCUT2D eigenvalue weighted by Crippen LogP contribution is -2.39. The first-order chi connectivity index (χ1) is 7.52. The van der Waals surface area contributed by atoms with Crippen LogP contribution in [0.4, 0.5) is 0 Å². The monoisotopic (exact) mass is 230 g/mol. The number of amides is 1. The third kappa shape index (κ3) is 5.70. The van der Waals surface area contributed by atoms with E-state index in [1.54, 1.807) is 6.92 Å². The molecule has 2 unspecified atom stereocenters. The summed E-state index contributed by atoms with van der Waals surface area (Å²) in [5.74, 6) is -1.58. The van der Waals surface area contributed by atoms with Gasteiger partial charge in [-0.1, -0.05) is 20.8 Å². The number of carbonyl (C=O) groups is 2. The Kier molecular flexibility index (Phi) is 7.54. The third-order valence-corrected chi connectivity index (χ3v) is 2.51. The average molecular weight is 230 g/mol. The molecule has 0 aromatic heterocycles. The van der Waals surface area contributed by atoms with Crippen LogP contribution in [0, 0.1) is 11.8 Å². The summed E-state index contributed by atoms with van der Waals surface area (Å²) in [7, 11) is 0. The fourth-order valence-electron chi connectivity index (χ4n) is 1.26. The van der Waals surface area contributed by atoms with Crippen molar-refractivity contribution >= 4 is 11.9 Å². The Morgan fingerprint density at radius 1 is 1.25 bits per heavy atom. The van der Waals surface area contributed by atoms with E-state index in [2.05, 4.69) is 10.6 Å². The van der Waals surface area contributed by atoms with Gasteiger partial charge in [-0.05, 0) is 13.0 Å². The molecule has 0 aromatic rings. The topological polar surface area (TPSA) is 78.4 Å². The van der Waals surface area contributed by atoms with E-state index in [0.29, 0.717) is 13.0 Å². The number of hydrogen-bond donors (Lipinski definition) is 3. The highest BCUT2D eigenvalue weighted by molar-refractivity contribution is 5.79. The molecule has 5 nitrogen and oxygen atoms in total. The summed E-state index contributed by atoms with van der Waals surface area (Å²) in [6, 6.07) is 0. The maximum Gasteiger partial charge on any atom is 0.308 e. The largest absolute Gasteiger partial charge is 0.481 e. The summed E-state index contributed by atoms with van der Waals surface area (Å²) in [6.07, 6.45) is 0.525. The predicted octanol–water partition coefficient (Wildman–Crippen LogP) is 0.459. The highest BCUT2D eigenvalue weighted by atomic mass is 16.4. The zero-order valence-corrected chi connectivity index (χ0v) is 10.2. The Morgan fingerprint density at radius 3 is 2.31 bits per heavy atom. The number of nitrogens with one attached hydrogen (secondary N) is 2. The number of carbonyl (C=O) groups excluding carboxylic acids is 1. The van der Waals surface area contributed by atoms with E-state index in [4.69, 9.17) is 5.11 Å². The first-order valence-corrected chi connectivity index (χ1v) is 5.74. The van der Waals surface area contributed by atoms with Gasteiger partial charge in [0.2, 0.25) is 5.91 Å². The van der Waals surface area contributed by atoms with Crippen LogP contribution in [0.1, 0.15) is 27.2 Å². The number of aliphatic carboxylic acids is 1. The summed E-state index contributed by atoms with van der Waals surface area (Å²) < 4.78 is 0. The van der Waals surface area contributed by atoms with Crippen molar-refractivity contribution < 1.29 is 14.7 Å². The zero-order valence-electron chi connectivity index (χ0n) is 10.2. The molecule has 94 valence electrons. The summed E-state index contributed by atoms with van der Waals surface area (Å²) in [6.45, 7) is 7.24. The van der Waals surface area contributed by atoms with Gasteiger partial charge in [0.05, 0.1) is 5.92 Å². The predicted molar refractivity (Wildman–Crippen MR) is 62.1 cm³/mol. The Labute approximate surface area is 96.6 Å². The number of rotatable bonds is 8. The van der Waals surface area contributed by atoms with Crippen LogP contribution >= 0.6 is 0 Å². The van der Waals surface area contributed by atoms with Gasteiger partial charge >= 0.3 is 5.97 Å². The quantitative estimate of drug-likeness (QED) is 0.566. The van der Waals surface area contributed by atoms with Crippen LogP contribution in [-0.2, 0) is 9.59 Å². The molecular formula is C11H22N2O3. The minimum absolute atomic E-state index is 0.0966. The molecule has 0 saturated carbocycles. The van der Waals surface area contributed by atoms with Crippen molar-refractivity contribution in [3.05, 3.63) is 0 Å². The third-order valence-electron chi connectivity index (χ3n) is 2.51. The number of carboxylic acids is 1. The van der Waals surface area contributed by atoms with E-state index in [1.807, 2.05) is 13.8 Å². The van der Waals surface area contributed by atoms with Crippen molar-refractivity contribution in [3.63, 3.8) is 0 Å². The molecule has 0 aliphatic heterocycles. The van der Waals surface area contributed by atoms with Gasteiger partial charge in [-0.2, -0.15) is 0 Å². The van der Waals surface area contributed by atoms with Crippen LogP contribution in [0.3, 0.4) is 0 Å². The van der Waals surface area contributed by atoms with E-state index in [1.165, 1.54) is 0 Å². The van der Waals surface area contributed by atoms with Crippen molar-refractivity contribution in [1.82, 2.24) is 10.6 Å². The summed E-state index contributed by atoms with van der Waals surface area (Å²) >= 11 is 0. The SMILES string of the molecule is CCNCC(C)C(=O)NCC(CC)C(=O)O. The van der Waals surface area contributed by atoms with Gasteiger partial charge in [0, 0.05) is 19.0 Å². The maximum absolute atomic E-state index is 11.5. The van der Waals surface area contributed by atoms with E-state index in [0.717, 1.165) is 6.54 Å². The van der Waals surface area contributed by atoms with Gasteiger partial charge in [0.15, 0.2) is 0 Å². The molecule has 0 saturated heterocycles. The number of hydrogen-bond acceptors (Lipinski definition) is 3. The van der Waals surface area contributed by atoms with Gasteiger partial charge in [-0.15, -0.1) is 0 Å². The molecule has 5 heteroatoms. The zero-order chi connectivity index (χ0) is 12.6. The minimum Gasteiger partial charge on any atom is -0.481 e. The lowest BCUT2D eigenvalue weighted by atomic mass is 10.1. The van der Waals surface area contributed by atoms with Crippen molar-refractivity contribution in [2.45, 2.75) is 27.2 Å². The Bertz CT molecular complexity index is 231. The molecule has 16 heavy (non-hydrogen) atoms. The van der Waals surface area contributed by atoms with E-state index in [9.17, 15) is 9.59 Å². The van der Waals surface area contributed by atoms with Crippen LogP contribution in [-0.4, -0.2) is 36.6 Å². The van der Waals surface area contributed by atoms with Crippen LogP contribution < -0.4 is 10.6 Å². The van der Waals surface area contributed by atoms with Crippen molar-refractivity contribution in [2.75, 3.05) is 19.6 Å². The number of carboxylic acid groups (broad SMARTS) is 1. The Morgan fingerprint density at radius 2 is 1.88 bits per heavy atom. The molecular weight excluding hydrogens is 208 g/mol. The van der Waals surface area contributed by atoms with Crippen molar-refractivity contribution in [1.29, 1.82) is 0 Å². The van der Waals surface area contributed by atoms with E-state index < -0.39 is 11.9 Å². The summed E-state index contributed by atoms with van der Waals surface area (Å²) in [4.78, 5) is 22.3. The van der Waals surface area contributed by atoms with Crippen LogP contribution in [0.15, 0.2) is 0 Å². The molecule has 0 fully saturated rings. The van der Waals surface area contributed by atoms with Crippen LogP contribution in [0.5, 0.6) is 0 Å². The molecule has 0 heterocycles. The van der Waals surface area contributed by atoms with Crippen molar-refractivity contribution in [2.24, 2.45) is 11.8 Å². The smallest absolute Gasteiger partial charge is 0.308 e. The second-order valence-electron chi connectivity index (χ2n) is 3.90. The molecule has 0 bridgehead atoms. The highest BCUT2D eigenvalue weighted by Gasteiger charge is 2.18. The maximum atomic E-state index is 11.5. The fourth-order valence-corrected chi connectivity index (χ4v) is 1.26. The Hall–Kier alpha value is -1.10. The fraction of sp³-hybridized carbons (Fsp3) is 0.818. The minimum atomic E-state index is -0.859.